The van der Waals surface area contributed by atoms with Crippen molar-refractivity contribution in [1.29, 1.82) is 0 Å². The third-order valence-electron chi connectivity index (χ3n) is 9.11. The van der Waals surface area contributed by atoms with Crippen LogP contribution in [0.3, 0.4) is 0 Å². The summed E-state index contributed by atoms with van der Waals surface area (Å²) >= 11 is 0. The van der Waals surface area contributed by atoms with Crippen molar-refractivity contribution in [3.63, 3.8) is 0 Å². The summed E-state index contributed by atoms with van der Waals surface area (Å²) in [6.07, 6.45) is 28.4. The van der Waals surface area contributed by atoms with Crippen LogP contribution in [0, 0.1) is 35.5 Å². The molecule has 0 saturated heterocycles. The van der Waals surface area contributed by atoms with Gasteiger partial charge in [0.1, 0.15) is 0 Å². The van der Waals surface area contributed by atoms with Gasteiger partial charge in [0.15, 0.2) is 0 Å². The fraction of sp³-hybridized carbons (Fsp3) is 0.862. The third kappa shape index (κ3) is 8.65. The molecule has 0 aromatic carbocycles. The normalized spacial score (nSPS) is 34.7. The van der Waals surface area contributed by atoms with Gasteiger partial charge in [0, 0.05) is 0 Å². The van der Waals surface area contributed by atoms with Crippen LogP contribution in [0.5, 0.6) is 0 Å². The second kappa shape index (κ2) is 13.8. The first-order chi connectivity index (χ1) is 15.2. The summed E-state index contributed by atoms with van der Waals surface area (Å²) in [6.45, 7) is 2.32. The predicted octanol–water partition coefficient (Wildman–Crippen LogP) is 10.1. The molecule has 3 saturated carbocycles. The summed E-state index contributed by atoms with van der Waals surface area (Å²) in [5.74, 6) is 5.77. The van der Waals surface area contributed by atoms with E-state index in [1.54, 1.807) is 0 Å². The van der Waals surface area contributed by atoms with Crippen LogP contribution in [0.1, 0.15) is 122 Å². The predicted molar refractivity (Wildman–Crippen MR) is 129 cm³/mol. The minimum absolute atomic E-state index is 0.470. The molecular weight excluding hydrogens is 386 g/mol. The minimum atomic E-state index is -1.54. The topological polar surface area (TPSA) is 0 Å². The monoisotopic (exact) mass is 434 g/mol. The maximum absolute atomic E-state index is 12.1. The molecule has 31 heavy (non-hydrogen) atoms. The summed E-state index contributed by atoms with van der Waals surface area (Å²) in [7, 11) is 0. The zero-order chi connectivity index (χ0) is 21.9. The average molecular weight is 435 g/mol. The van der Waals surface area contributed by atoms with E-state index < -0.39 is 6.08 Å². The number of unbranched alkanes of at least 4 members (excludes halogenated alkanes) is 3. The van der Waals surface area contributed by atoms with Crippen molar-refractivity contribution in [2.75, 3.05) is 0 Å². The Hall–Kier alpha value is -0.660. The van der Waals surface area contributed by atoms with Crippen LogP contribution in [-0.4, -0.2) is 0 Å². The molecule has 0 heterocycles. The Kier molecular flexibility index (Phi) is 11.1. The number of halogens is 2. The lowest BCUT2D eigenvalue weighted by Crippen LogP contribution is -2.29. The van der Waals surface area contributed by atoms with Crippen molar-refractivity contribution in [1.82, 2.24) is 0 Å². The molecule has 0 amide bonds. The van der Waals surface area contributed by atoms with E-state index in [2.05, 4.69) is 19.1 Å². The highest BCUT2D eigenvalue weighted by atomic mass is 19.3. The minimum Gasteiger partial charge on any atom is -0.174 e. The molecule has 178 valence electrons. The zero-order valence-corrected chi connectivity index (χ0v) is 20.2. The number of hydrogen-bond donors (Lipinski definition) is 0. The SMILES string of the molecule is CCCCCC1CCC(C2CCC(C3CCC(C=CCCC=C(F)F)CC3)CC2)CC1. The molecule has 0 spiro atoms. The highest BCUT2D eigenvalue weighted by molar-refractivity contribution is 4.94. The van der Waals surface area contributed by atoms with Gasteiger partial charge in [0.05, 0.1) is 0 Å². The largest absolute Gasteiger partial charge is 0.266 e. The van der Waals surface area contributed by atoms with Gasteiger partial charge in [-0.3, -0.25) is 0 Å². The van der Waals surface area contributed by atoms with Gasteiger partial charge in [0.25, 0.3) is 6.08 Å². The third-order valence-corrected chi connectivity index (χ3v) is 9.11. The van der Waals surface area contributed by atoms with Crippen LogP contribution < -0.4 is 0 Å². The van der Waals surface area contributed by atoms with Crippen LogP contribution in [0.25, 0.3) is 0 Å². The molecule has 0 aliphatic heterocycles. The second-order valence-electron chi connectivity index (χ2n) is 11.1. The van der Waals surface area contributed by atoms with Gasteiger partial charge in [-0.1, -0.05) is 57.6 Å². The lowest BCUT2D eigenvalue weighted by Gasteiger charge is -2.41. The first-order valence-electron chi connectivity index (χ1n) is 13.8. The Balaban J connectivity index is 1.29. The van der Waals surface area contributed by atoms with E-state index in [4.69, 9.17) is 0 Å². The Labute approximate surface area is 191 Å². The van der Waals surface area contributed by atoms with E-state index in [0.717, 1.165) is 42.1 Å². The van der Waals surface area contributed by atoms with Crippen LogP contribution >= 0.6 is 0 Å². The molecule has 3 aliphatic carbocycles. The van der Waals surface area contributed by atoms with Crippen molar-refractivity contribution >= 4 is 0 Å². The molecule has 3 rings (SSSR count). The van der Waals surface area contributed by atoms with Crippen LogP contribution in [-0.2, 0) is 0 Å². The Morgan fingerprint density at radius 2 is 1.19 bits per heavy atom. The van der Waals surface area contributed by atoms with E-state index in [9.17, 15) is 8.78 Å². The molecule has 0 unspecified atom stereocenters. The van der Waals surface area contributed by atoms with Crippen LogP contribution in [0.2, 0.25) is 0 Å². The van der Waals surface area contributed by atoms with Crippen LogP contribution in [0.15, 0.2) is 24.3 Å². The van der Waals surface area contributed by atoms with Gasteiger partial charge >= 0.3 is 0 Å². The maximum atomic E-state index is 12.1. The van der Waals surface area contributed by atoms with Crippen molar-refractivity contribution in [3.8, 4) is 0 Å². The molecule has 0 atom stereocenters. The molecule has 0 nitrogen and oxygen atoms in total. The first kappa shape index (κ1) is 25.0. The zero-order valence-electron chi connectivity index (χ0n) is 20.2. The number of rotatable bonds is 10. The van der Waals surface area contributed by atoms with Gasteiger partial charge in [-0.2, -0.15) is 8.78 Å². The molecule has 3 aliphatic rings. The Morgan fingerprint density at radius 1 is 0.677 bits per heavy atom. The van der Waals surface area contributed by atoms with E-state index in [0.29, 0.717) is 12.3 Å². The summed E-state index contributed by atoms with van der Waals surface area (Å²) in [6, 6.07) is 0. The number of hydrogen-bond acceptors (Lipinski definition) is 0. The highest BCUT2D eigenvalue weighted by Gasteiger charge is 2.34. The lowest BCUT2D eigenvalue weighted by atomic mass is 9.65. The summed E-state index contributed by atoms with van der Waals surface area (Å²) in [4.78, 5) is 0. The molecule has 0 bridgehead atoms. The first-order valence-corrected chi connectivity index (χ1v) is 13.8. The lowest BCUT2D eigenvalue weighted by molar-refractivity contribution is 0.107. The van der Waals surface area contributed by atoms with Crippen molar-refractivity contribution < 1.29 is 8.78 Å². The summed E-state index contributed by atoms with van der Waals surface area (Å²) in [5, 5.41) is 0. The average Bonchev–Trinajstić information content (AvgIpc) is 2.80. The fourth-order valence-corrected chi connectivity index (χ4v) is 7.11. The summed E-state index contributed by atoms with van der Waals surface area (Å²) < 4.78 is 24.1. The maximum Gasteiger partial charge on any atom is 0.266 e. The van der Waals surface area contributed by atoms with Crippen molar-refractivity contribution in [2.24, 2.45) is 35.5 Å². The smallest absolute Gasteiger partial charge is 0.174 e. The van der Waals surface area contributed by atoms with Crippen molar-refractivity contribution in [3.05, 3.63) is 24.3 Å². The van der Waals surface area contributed by atoms with E-state index in [1.807, 2.05) is 0 Å². The van der Waals surface area contributed by atoms with E-state index >= 15 is 0 Å². The Morgan fingerprint density at radius 3 is 1.71 bits per heavy atom. The van der Waals surface area contributed by atoms with Gasteiger partial charge in [-0.25, -0.2) is 0 Å². The number of allylic oxidation sites excluding steroid dienone is 3. The van der Waals surface area contributed by atoms with Gasteiger partial charge in [-0.15, -0.1) is 0 Å². The highest BCUT2D eigenvalue weighted by Crippen LogP contribution is 2.46. The molecule has 0 aromatic heterocycles. The van der Waals surface area contributed by atoms with E-state index in [1.165, 1.54) is 103 Å². The molecular formula is C29H48F2. The van der Waals surface area contributed by atoms with Gasteiger partial charge in [0.2, 0.25) is 0 Å². The van der Waals surface area contributed by atoms with Gasteiger partial charge in [-0.05, 0) is 119 Å². The molecule has 0 aromatic rings. The molecule has 0 N–H and O–H groups in total. The molecule has 0 radical (unpaired) electrons. The standard InChI is InChI=1S/C29H48F2/c1-2-3-5-8-23-11-15-25(16-12-23)27-19-21-28(22-20-27)26-17-13-24(14-18-26)9-6-4-7-10-29(30)31/h6,9-10,23-28H,2-5,7-8,11-22H2,1H3. The molecule has 3 fully saturated rings. The van der Waals surface area contributed by atoms with Gasteiger partial charge < -0.3 is 0 Å². The fourth-order valence-electron chi connectivity index (χ4n) is 7.11. The van der Waals surface area contributed by atoms with Crippen LogP contribution in [0.4, 0.5) is 8.78 Å². The molecule has 2 heteroatoms. The van der Waals surface area contributed by atoms with E-state index in [-0.39, 0.29) is 0 Å². The van der Waals surface area contributed by atoms with Crippen molar-refractivity contribution in [2.45, 2.75) is 122 Å². The second-order valence-corrected chi connectivity index (χ2v) is 11.1. The Bertz CT molecular complexity index is 523. The quantitative estimate of drug-likeness (QED) is 0.237. The summed E-state index contributed by atoms with van der Waals surface area (Å²) in [5.41, 5.74) is 0.